The van der Waals surface area contributed by atoms with E-state index in [9.17, 15) is 4.79 Å². The number of aromatic nitrogens is 3. The van der Waals surface area contributed by atoms with Crippen LogP contribution >= 0.6 is 11.8 Å². The Balaban J connectivity index is 1.63. The molecule has 0 saturated heterocycles. The number of para-hydroxylation sites is 2. The van der Waals surface area contributed by atoms with Crippen molar-refractivity contribution >= 4 is 17.7 Å². The number of thioether (sulfide) groups is 1. The zero-order chi connectivity index (χ0) is 20.1. The average Bonchev–Trinajstić information content (AvgIpc) is 3.14. The van der Waals surface area contributed by atoms with Gasteiger partial charge in [0, 0.05) is 0 Å². The molecule has 152 valence electrons. The summed E-state index contributed by atoms with van der Waals surface area (Å²) in [7, 11) is 1.63. The lowest BCUT2D eigenvalue weighted by Gasteiger charge is -2.36. The summed E-state index contributed by atoms with van der Waals surface area (Å²) in [5.74, 6) is 2.32. The quantitative estimate of drug-likeness (QED) is 0.505. The molecule has 1 heterocycles. The van der Waals surface area contributed by atoms with Gasteiger partial charge in [-0.25, -0.2) is 0 Å². The molecule has 0 aliphatic heterocycles. The Morgan fingerprint density at radius 1 is 1.32 bits per heavy atom. The van der Waals surface area contributed by atoms with Gasteiger partial charge in [-0.1, -0.05) is 51.1 Å². The number of nitrogens with zero attached hydrogens (tertiary/aromatic N) is 3. The van der Waals surface area contributed by atoms with Crippen LogP contribution < -0.4 is 4.74 Å². The third kappa shape index (κ3) is 4.87. The monoisotopic (exact) mass is 403 g/mol. The van der Waals surface area contributed by atoms with E-state index in [1.54, 1.807) is 13.4 Å². The van der Waals surface area contributed by atoms with Crippen molar-refractivity contribution in [1.82, 2.24) is 14.8 Å². The lowest BCUT2D eigenvalue weighted by Crippen LogP contribution is -2.36. The Bertz CT molecular complexity index is 793. The van der Waals surface area contributed by atoms with Crippen LogP contribution in [-0.2, 0) is 9.53 Å². The largest absolute Gasteiger partial charge is 0.495 e. The average molecular weight is 404 g/mol. The number of carbonyl (C=O) groups excluding carboxylic acids is 1. The van der Waals surface area contributed by atoms with E-state index in [1.165, 1.54) is 18.2 Å². The van der Waals surface area contributed by atoms with Crippen molar-refractivity contribution in [2.45, 2.75) is 51.3 Å². The molecule has 1 aliphatic carbocycles. The van der Waals surface area contributed by atoms with Gasteiger partial charge in [-0.05, 0) is 42.7 Å². The predicted molar refractivity (Wildman–Crippen MR) is 110 cm³/mol. The summed E-state index contributed by atoms with van der Waals surface area (Å²) in [5, 5.41) is 8.79. The molecule has 0 spiro atoms. The number of esters is 1. The minimum Gasteiger partial charge on any atom is -0.495 e. The fourth-order valence-corrected chi connectivity index (χ4v) is 4.60. The number of methoxy groups -OCH3 is 1. The van der Waals surface area contributed by atoms with Crippen molar-refractivity contribution in [1.29, 1.82) is 0 Å². The Morgan fingerprint density at radius 2 is 2.11 bits per heavy atom. The Labute approximate surface area is 171 Å². The van der Waals surface area contributed by atoms with Crippen LogP contribution in [0.1, 0.15) is 40.0 Å². The molecule has 3 atom stereocenters. The van der Waals surface area contributed by atoms with E-state index in [0.717, 1.165) is 24.3 Å². The highest BCUT2D eigenvalue weighted by atomic mass is 32.2. The van der Waals surface area contributed by atoms with Crippen LogP contribution in [0.25, 0.3) is 5.69 Å². The van der Waals surface area contributed by atoms with Crippen LogP contribution in [-0.4, -0.2) is 39.7 Å². The van der Waals surface area contributed by atoms with Gasteiger partial charge in [0.2, 0.25) is 0 Å². The Kier molecular flexibility index (Phi) is 6.99. The van der Waals surface area contributed by atoms with E-state index >= 15 is 0 Å². The zero-order valence-corrected chi connectivity index (χ0v) is 17.8. The summed E-state index contributed by atoms with van der Waals surface area (Å²) in [6.45, 7) is 6.67. The second-order valence-electron chi connectivity index (χ2n) is 7.80. The lowest BCUT2D eigenvalue weighted by atomic mass is 9.75. The minimum absolute atomic E-state index is 0.0175. The molecule has 7 heteroatoms. The van der Waals surface area contributed by atoms with Gasteiger partial charge < -0.3 is 9.47 Å². The van der Waals surface area contributed by atoms with Gasteiger partial charge in [0.25, 0.3) is 0 Å². The first kappa shape index (κ1) is 20.7. The molecule has 0 radical (unpaired) electrons. The normalized spacial score (nSPS) is 22.2. The van der Waals surface area contributed by atoms with Crippen molar-refractivity contribution in [3.8, 4) is 11.4 Å². The number of rotatable bonds is 7. The highest BCUT2D eigenvalue weighted by Crippen LogP contribution is 2.35. The maximum absolute atomic E-state index is 12.5. The molecular formula is C21H29N3O3S. The van der Waals surface area contributed by atoms with Crippen LogP contribution in [0.3, 0.4) is 0 Å². The molecule has 1 saturated carbocycles. The van der Waals surface area contributed by atoms with Crippen molar-refractivity contribution in [2.24, 2.45) is 17.8 Å². The molecule has 0 bridgehead atoms. The summed E-state index contributed by atoms with van der Waals surface area (Å²) in [4.78, 5) is 12.5. The standard InChI is InChI=1S/C21H29N3O3S/c1-14(2)16-10-9-15(3)11-19(16)27-20(25)12-28-21-23-22-13-24(21)17-7-5-6-8-18(17)26-4/h5-8,13-16,19H,9-12H2,1-4H3/t15-,16+,19+/m0/s1. The molecule has 3 rings (SSSR count). The maximum atomic E-state index is 12.5. The van der Waals surface area contributed by atoms with E-state index in [2.05, 4.69) is 31.0 Å². The number of carbonyl (C=O) groups is 1. The fourth-order valence-electron chi connectivity index (χ4n) is 3.89. The van der Waals surface area contributed by atoms with E-state index in [0.29, 0.717) is 22.9 Å². The zero-order valence-electron chi connectivity index (χ0n) is 17.0. The molecule has 0 unspecified atom stereocenters. The first-order valence-corrected chi connectivity index (χ1v) is 10.8. The molecule has 0 N–H and O–H groups in total. The van der Waals surface area contributed by atoms with E-state index in [-0.39, 0.29) is 17.8 Å². The highest BCUT2D eigenvalue weighted by Gasteiger charge is 2.33. The highest BCUT2D eigenvalue weighted by molar-refractivity contribution is 7.99. The summed E-state index contributed by atoms with van der Waals surface area (Å²) in [6, 6.07) is 7.65. The van der Waals surface area contributed by atoms with E-state index in [1.807, 2.05) is 28.8 Å². The maximum Gasteiger partial charge on any atom is 0.316 e. The number of ether oxygens (including phenoxy) is 2. The lowest BCUT2D eigenvalue weighted by molar-refractivity contribution is -0.152. The first-order valence-electron chi connectivity index (χ1n) is 9.85. The SMILES string of the molecule is COc1ccccc1-n1cnnc1SCC(=O)O[C@@H]1C[C@@H](C)CC[C@@H]1C(C)C. The van der Waals surface area contributed by atoms with E-state index in [4.69, 9.17) is 9.47 Å². The third-order valence-corrected chi connectivity index (χ3v) is 6.34. The van der Waals surface area contributed by atoms with E-state index < -0.39 is 0 Å². The van der Waals surface area contributed by atoms with Crippen LogP contribution in [0.4, 0.5) is 0 Å². The molecule has 6 nitrogen and oxygen atoms in total. The van der Waals surface area contributed by atoms with Crippen LogP contribution in [0.15, 0.2) is 35.7 Å². The predicted octanol–water partition coefficient (Wildman–Crippen LogP) is 4.37. The number of hydrogen-bond acceptors (Lipinski definition) is 6. The topological polar surface area (TPSA) is 66.2 Å². The second-order valence-corrected chi connectivity index (χ2v) is 8.74. The van der Waals surface area contributed by atoms with Gasteiger partial charge in [0.1, 0.15) is 18.2 Å². The van der Waals surface area contributed by atoms with Crippen molar-refractivity contribution in [3.05, 3.63) is 30.6 Å². The summed E-state index contributed by atoms with van der Waals surface area (Å²) >= 11 is 1.33. The summed E-state index contributed by atoms with van der Waals surface area (Å²) in [6.07, 6.45) is 4.95. The summed E-state index contributed by atoms with van der Waals surface area (Å²) in [5.41, 5.74) is 0.840. The third-order valence-electron chi connectivity index (χ3n) is 5.42. The van der Waals surface area contributed by atoms with Crippen LogP contribution in [0.5, 0.6) is 5.75 Å². The smallest absolute Gasteiger partial charge is 0.316 e. The van der Waals surface area contributed by atoms with Gasteiger partial charge in [-0.15, -0.1) is 10.2 Å². The number of hydrogen-bond donors (Lipinski definition) is 0. The molecule has 1 aromatic carbocycles. The van der Waals surface area contributed by atoms with Crippen molar-refractivity contribution in [3.63, 3.8) is 0 Å². The second kappa shape index (κ2) is 9.45. The van der Waals surface area contributed by atoms with Gasteiger partial charge in [-0.2, -0.15) is 0 Å². The first-order chi connectivity index (χ1) is 13.5. The molecule has 1 aromatic heterocycles. The Morgan fingerprint density at radius 3 is 2.86 bits per heavy atom. The molecular weight excluding hydrogens is 374 g/mol. The number of benzene rings is 1. The van der Waals surface area contributed by atoms with Crippen LogP contribution in [0.2, 0.25) is 0 Å². The van der Waals surface area contributed by atoms with Crippen molar-refractivity contribution < 1.29 is 14.3 Å². The fraction of sp³-hybridized carbons (Fsp3) is 0.571. The van der Waals surface area contributed by atoms with Crippen LogP contribution in [0, 0.1) is 17.8 Å². The molecule has 1 aliphatic rings. The van der Waals surface area contributed by atoms with Gasteiger partial charge >= 0.3 is 5.97 Å². The summed E-state index contributed by atoms with van der Waals surface area (Å²) < 4.78 is 13.1. The van der Waals surface area contributed by atoms with Gasteiger partial charge in [0.15, 0.2) is 5.16 Å². The molecule has 28 heavy (non-hydrogen) atoms. The Hall–Kier alpha value is -2.02. The molecule has 1 fully saturated rings. The molecule has 2 aromatic rings. The van der Waals surface area contributed by atoms with Crippen molar-refractivity contribution in [2.75, 3.05) is 12.9 Å². The minimum atomic E-state index is -0.190. The molecule has 0 amide bonds. The van der Waals surface area contributed by atoms with Gasteiger partial charge in [0.05, 0.1) is 18.6 Å². The van der Waals surface area contributed by atoms with Gasteiger partial charge in [-0.3, -0.25) is 9.36 Å².